The van der Waals surface area contributed by atoms with Crippen LogP contribution in [0.15, 0.2) is 0 Å². The Morgan fingerprint density at radius 2 is 2.11 bits per heavy atom. The van der Waals surface area contributed by atoms with Crippen molar-refractivity contribution in [1.29, 1.82) is 0 Å². The van der Waals surface area contributed by atoms with Crippen LogP contribution in [0, 0.1) is 5.92 Å². The molecule has 0 aliphatic carbocycles. The van der Waals surface area contributed by atoms with E-state index in [0.717, 1.165) is 0 Å². The predicted octanol–water partition coefficient (Wildman–Crippen LogP) is 0.515. The Morgan fingerprint density at radius 1 is 1.67 bits per heavy atom. The average Bonchev–Trinajstić information content (AvgIpc) is 1.84. The fraction of sp³-hybridized carbons (Fsp3) is 0.600. The van der Waals surface area contributed by atoms with Crippen molar-refractivity contribution in [2.75, 3.05) is 5.88 Å². The molecule has 3 nitrogen and oxygen atoms in total. The van der Waals surface area contributed by atoms with Crippen LogP contribution in [0.4, 0.5) is 0 Å². The highest BCUT2D eigenvalue weighted by Crippen LogP contribution is 1.97. The molecule has 0 aliphatic heterocycles. The lowest BCUT2D eigenvalue weighted by Gasteiger charge is -1.98. The van der Waals surface area contributed by atoms with Crippen LogP contribution in [-0.2, 0) is 9.59 Å². The molecule has 0 aromatic heterocycles. The Balaban J connectivity index is 3.88. The Kier molecular flexibility index (Phi) is 3.24. The van der Waals surface area contributed by atoms with E-state index >= 15 is 0 Å². The van der Waals surface area contributed by atoms with Crippen LogP contribution in [0.1, 0.15) is 6.92 Å². The van der Waals surface area contributed by atoms with Gasteiger partial charge < -0.3 is 5.11 Å². The highest BCUT2D eigenvalue weighted by molar-refractivity contribution is 6.29. The van der Waals surface area contributed by atoms with E-state index in [0.29, 0.717) is 0 Å². The van der Waals surface area contributed by atoms with E-state index in [1.807, 2.05) is 0 Å². The van der Waals surface area contributed by atoms with Crippen LogP contribution in [-0.4, -0.2) is 22.7 Å². The van der Waals surface area contributed by atoms with E-state index in [4.69, 9.17) is 16.7 Å². The minimum Gasteiger partial charge on any atom is -0.481 e. The van der Waals surface area contributed by atoms with Gasteiger partial charge in [0.1, 0.15) is 5.92 Å². The van der Waals surface area contributed by atoms with E-state index in [1.165, 1.54) is 6.92 Å². The summed E-state index contributed by atoms with van der Waals surface area (Å²) in [4.78, 5) is 20.5. The molecular formula is C5H7ClO3. The van der Waals surface area contributed by atoms with Crippen molar-refractivity contribution < 1.29 is 14.7 Å². The summed E-state index contributed by atoms with van der Waals surface area (Å²) in [5.74, 6) is -2.78. The number of halogens is 1. The SMILES string of the molecule is CC(C(=O)O)C(=O)CCl. The summed E-state index contributed by atoms with van der Waals surface area (Å²) in [6, 6.07) is 0. The fourth-order valence-corrected chi connectivity index (χ4v) is 0.485. The van der Waals surface area contributed by atoms with Gasteiger partial charge in [0.05, 0.1) is 5.88 Å². The lowest BCUT2D eigenvalue weighted by atomic mass is 10.1. The lowest BCUT2D eigenvalue weighted by Crippen LogP contribution is -2.21. The summed E-state index contributed by atoms with van der Waals surface area (Å²) in [6.07, 6.45) is 0. The number of Topliss-reactive ketones (excluding diaryl/α,β-unsaturated/α-hetero) is 1. The number of ketones is 1. The maximum Gasteiger partial charge on any atom is 0.313 e. The Labute approximate surface area is 57.6 Å². The molecule has 4 heteroatoms. The number of carboxylic acids is 1. The van der Waals surface area contributed by atoms with Crippen molar-refractivity contribution in [2.45, 2.75) is 6.92 Å². The van der Waals surface area contributed by atoms with Crippen molar-refractivity contribution in [3.63, 3.8) is 0 Å². The number of aliphatic carboxylic acids is 1. The average molecular weight is 151 g/mol. The molecule has 0 saturated carbocycles. The predicted molar refractivity (Wildman–Crippen MR) is 32.5 cm³/mol. The van der Waals surface area contributed by atoms with Gasteiger partial charge in [-0.25, -0.2) is 0 Å². The molecule has 0 amide bonds. The first-order chi connectivity index (χ1) is 4.09. The largest absolute Gasteiger partial charge is 0.481 e. The van der Waals surface area contributed by atoms with E-state index in [2.05, 4.69) is 0 Å². The van der Waals surface area contributed by atoms with Gasteiger partial charge in [-0.1, -0.05) is 0 Å². The molecule has 0 heterocycles. The van der Waals surface area contributed by atoms with Crippen molar-refractivity contribution in [3.05, 3.63) is 0 Å². The molecule has 1 N–H and O–H groups in total. The molecule has 0 saturated heterocycles. The standard InChI is InChI=1S/C5H7ClO3/c1-3(5(8)9)4(7)2-6/h3H,2H2,1H3,(H,8,9). The minimum atomic E-state index is -1.12. The highest BCUT2D eigenvalue weighted by Gasteiger charge is 2.18. The van der Waals surface area contributed by atoms with E-state index in [9.17, 15) is 9.59 Å². The second-order valence-corrected chi connectivity index (χ2v) is 1.93. The van der Waals surface area contributed by atoms with Gasteiger partial charge in [0.2, 0.25) is 0 Å². The zero-order chi connectivity index (χ0) is 7.44. The summed E-state index contributed by atoms with van der Waals surface area (Å²) >= 11 is 5.08. The molecule has 0 bridgehead atoms. The van der Waals surface area contributed by atoms with Crippen LogP contribution in [0.5, 0.6) is 0 Å². The molecule has 0 aliphatic rings. The van der Waals surface area contributed by atoms with Gasteiger partial charge in [0, 0.05) is 0 Å². The van der Waals surface area contributed by atoms with Gasteiger partial charge in [0.15, 0.2) is 5.78 Å². The molecule has 1 unspecified atom stereocenters. The van der Waals surface area contributed by atoms with Gasteiger partial charge in [-0.15, -0.1) is 11.6 Å². The topological polar surface area (TPSA) is 54.4 Å². The van der Waals surface area contributed by atoms with Crippen molar-refractivity contribution in [3.8, 4) is 0 Å². The molecule has 9 heavy (non-hydrogen) atoms. The monoisotopic (exact) mass is 150 g/mol. The van der Waals surface area contributed by atoms with Gasteiger partial charge in [-0.05, 0) is 6.92 Å². The highest BCUT2D eigenvalue weighted by atomic mass is 35.5. The number of rotatable bonds is 3. The third-order valence-electron chi connectivity index (χ3n) is 0.985. The molecule has 0 aromatic carbocycles. The van der Waals surface area contributed by atoms with Crippen molar-refractivity contribution in [1.82, 2.24) is 0 Å². The number of alkyl halides is 1. The maximum absolute atomic E-state index is 10.4. The summed E-state index contributed by atoms with van der Waals surface area (Å²) in [5.41, 5.74) is 0. The Hall–Kier alpha value is -0.570. The molecular weight excluding hydrogens is 144 g/mol. The summed E-state index contributed by atoms with van der Waals surface area (Å²) in [6.45, 7) is 1.31. The molecule has 0 fully saturated rings. The molecule has 0 rings (SSSR count). The second-order valence-electron chi connectivity index (χ2n) is 1.66. The van der Waals surface area contributed by atoms with Crippen molar-refractivity contribution >= 4 is 23.4 Å². The smallest absolute Gasteiger partial charge is 0.313 e. The second kappa shape index (κ2) is 3.45. The zero-order valence-corrected chi connectivity index (χ0v) is 5.68. The normalized spacial score (nSPS) is 12.7. The first-order valence-electron chi connectivity index (χ1n) is 2.41. The quantitative estimate of drug-likeness (QED) is 0.471. The first-order valence-corrected chi connectivity index (χ1v) is 2.94. The number of carboxylic acid groups (broad SMARTS) is 1. The third kappa shape index (κ3) is 2.46. The number of hydrogen-bond donors (Lipinski definition) is 1. The zero-order valence-electron chi connectivity index (χ0n) is 4.93. The van der Waals surface area contributed by atoms with E-state index < -0.39 is 17.7 Å². The maximum atomic E-state index is 10.4. The van der Waals surface area contributed by atoms with Crippen LogP contribution < -0.4 is 0 Å². The number of hydrogen-bond acceptors (Lipinski definition) is 2. The third-order valence-corrected chi connectivity index (χ3v) is 1.25. The van der Waals surface area contributed by atoms with E-state index in [1.54, 1.807) is 0 Å². The molecule has 1 atom stereocenters. The molecule has 0 aromatic rings. The van der Waals surface area contributed by atoms with Gasteiger partial charge in [-0.3, -0.25) is 9.59 Å². The summed E-state index contributed by atoms with van der Waals surface area (Å²) in [7, 11) is 0. The summed E-state index contributed by atoms with van der Waals surface area (Å²) < 4.78 is 0. The molecule has 52 valence electrons. The molecule has 0 radical (unpaired) electrons. The van der Waals surface area contributed by atoms with Crippen LogP contribution in [0.3, 0.4) is 0 Å². The minimum absolute atomic E-state index is 0.229. The van der Waals surface area contributed by atoms with Gasteiger partial charge in [0.25, 0.3) is 0 Å². The fourth-order valence-electron chi connectivity index (χ4n) is 0.253. The van der Waals surface area contributed by atoms with Gasteiger partial charge >= 0.3 is 5.97 Å². The number of carbonyl (C=O) groups is 2. The number of carbonyl (C=O) groups excluding carboxylic acids is 1. The van der Waals surface area contributed by atoms with E-state index in [-0.39, 0.29) is 5.88 Å². The Bertz CT molecular complexity index is 132. The van der Waals surface area contributed by atoms with Crippen LogP contribution in [0.2, 0.25) is 0 Å². The van der Waals surface area contributed by atoms with Crippen molar-refractivity contribution in [2.24, 2.45) is 5.92 Å². The lowest BCUT2D eigenvalue weighted by molar-refractivity contribution is -0.144. The summed E-state index contributed by atoms with van der Waals surface area (Å²) in [5, 5.41) is 8.20. The Morgan fingerprint density at radius 3 is 2.22 bits per heavy atom. The van der Waals surface area contributed by atoms with Crippen LogP contribution >= 0.6 is 11.6 Å². The molecule has 0 spiro atoms. The van der Waals surface area contributed by atoms with Gasteiger partial charge in [-0.2, -0.15) is 0 Å². The van der Waals surface area contributed by atoms with Crippen LogP contribution in [0.25, 0.3) is 0 Å². The first kappa shape index (κ1) is 8.43.